The Morgan fingerprint density at radius 3 is 2.56 bits per heavy atom. The van der Waals surface area contributed by atoms with Crippen LogP contribution in [0.5, 0.6) is 5.75 Å². The topological polar surface area (TPSA) is 46.2 Å². The Kier molecular flexibility index (Phi) is 4.59. The summed E-state index contributed by atoms with van der Waals surface area (Å²) >= 11 is 3.11. The number of aromatic hydroxyl groups is 1. The second-order valence-corrected chi connectivity index (χ2v) is 4.90. The van der Waals surface area contributed by atoms with Crippen molar-refractivity contribution in [2.75, 3.05) is 0 Å². The Morgan fingerprint density at radius 2 is 2.06 bits per heavy atom. The first-order valence-electron chi connectivity index (χ1n) is 5.03. The van der Waals surface area contributed by atoms with Crippen molar-refractivity contribution in [2.45, 2.75) is 25.3 Å². The quantitative estimate of drug-likeness (QED) is 0.878. The Labute approximate surface area is 109 Å². The maximum Gasteiger partial charge on any atom is 0.134 e. The molecule has 16 heavy (non-hydrogen) atoms. The fourth-order valence-electron chi connectivity index (χ4n) is 1.89. The predicted octanol–water partition coefficient (Wildman–Crippen LogP) is 3.52. The Balaban J connectivity index is 0.00000128. The highest BCUT2D eigenvalue weighted by molar-refractivity contribution is 9.10. The minimum atomic E-state index is -0.371. The summed E-state index contributed by atoms with van der Waals surface area (Å²) in [5.74, 6) is 0.0739. The molecule has 1 aromatic carbocycles. The number of rotatable bonds is 2. The second kappa shape index (κ2) is 5.34. The molecule has 2 rings (SSSR count). The third kappa shape index (κ3) is 2.50. The number of nitrogens with two attached hydrogens (primary N) is 1. The summed E-state index contributed by atoms with van der Waals surface area (Å²) < 4.78 is 13.5. The first kappa shape index (κ1) is 13.7. The Bertz CT molecular complexity index is 384. The Morgan fingerprint density at radius 1 is 1.44 bits per heavy atom. The third-order valence-electron chi connectivity index (χ3n) is 3.07. The summed E-state index contributed by atoms with van der Waals surface area (Å²) in [6.07, 6.45) is 3.30. The van der Waals surface area contributed by atoms with E-state index in [9.17, 15) is 9.50 Å². The molecule has 1 fully saturated rings. The smallest absolute Gasteiger partial charge is 0.134 e. The van der Waals surface area contributed by atoms with Crippen molar-refractivity contribution in [1.82, 2.24) is 0 Å². The van der Waals surface area contributed by atoms with Crippen LogP contribution in [0.15, 0.2) is 16.6 Å². The van der Waals surface area contributed by atoms with Gasteiger partial charge in [-0.25, -0.2) is 4.39 Å². The lowest BCUT2D eigenvalue weighted by atomic mass is 9.77. The standard InChI is InChI=1S/C11H13BrFNO.ClH/c12-9-5-7(13)4-8(11(9)15)10(14)6-2-1-3-6;/h4-6,10,15H,1-3,14H2;1H/t10-;/m1./s1. The normalized spacial score (nSPS) is 17.4. The van der Waals surface area contributed by atoms with Gasteiger partial charge in [-0.05, 0) is 46.8 Å². The van der Waals surface area contributed by atoms with Crippen LogP contribution >= 0.6 is 28.3 Å². The molecule has 0 amide bonds. The average molecular weight is 311 g/mol. The van der Waals surface area contributed by atoms with Crippen LogP contribution < -0.4 is 5.73 Å². The van der Waals surface area contributed by atoms with E-state index in [2.05, 4.69) is 15.9 Å². The number of hydrogen-bond donors (Lipinski definition) is 2. The molecule has 0 spiro atoms. The molecule has 0 unspecified atom stereocenters. The summed E-state index contributed by atoms with van der Waals surface area (Å²) in [7, 11) is 0. The van der Waals surface area contributed by atoms with E-state index in [1.54, 1.807) is 0 Å². The lowest BCUT2D eigenvalue weighted by Crippen LogP contribution is -2.27. The maximum atomic E-state index is 13.2. The number of hydrogen-bond acceptors (Lipinski definition) is 2. The zero-order valence-electron chi connectivity index (χ0n) is 8.62. The van der Waals surface area contributed by atoms with Gasteiger partial charge in [0.2, 0.25) is 0 Å². The van der Waals surface area contributed by atoms with Crippen molar-refractivity contribution in [1.29, 1.82) is 0 Å². The summed E-state index contributed by atoms with van der Waals surface area (Å²) in [6.45, 7) is 0. The highest BCUT2D eigenvalue weighted by atomic mass is 79.9. The van der Waals surface area contributed by atoms with Gasteiger partial charge in [-0.1, -0.05) is 6.42 Å². The largest absolute Gasteiger partial charge is 0.506 e. The van der Waals surface area contributed by atoms with Gasteiger partial charge in [-0.2, -0.15) is 0 Å². The first-order valence-corrected chi connectivity index (χ1v) is 5.82. The minimum absolute atomic E-state index is 0. The summed E-state index contributed by atoms with van der Waals surface area (Å²) in [6, 6.07) is 2.31. The van der Waals surface area contributed by atoms with Gasteiger partial charge in [0.1, 0.15) is 11.6 Å². The molecule has 0 heterocycles. The van der Waals surface area contributed by atoms with Gasteiger partial charge in [-0.15, -0.1) is 12.4 Å². The van der Waals surface area contributed by atoms with Crippen LogP contribution in [0.1, 0.15) is 30.9 Å². The molecule has 1 aromatic rings. The van der Waals surface area contributed by atoms with E-state index in [1.165, 1.54) is 18.6 Å². The molecule has 1 aliphatic carbocycles. The highest BCUT2D eigenvalue weighted by Crippen LogP contribution is 2.41. The molecule has 3 N–H and O–H groups in total. The molecular formula is C11H14BrClFNO. The van der Waals surface area contributed by atoms with Crippen molar-refractivity contribution < 1.29 is 9.50 Å². The second-order valence-electron chi connectivity index (χ2n) is 4.04. The van der Waals surface area contributed by atoms with Gasteiger partial charge in [0.15, 0.2) is 0 Å². The zero-order chi connectivity index (χ0) is 11.0. The van der Waals surface area contributed by atoms with E-state index in [0.717, 1.165) is 12.8 Å². The van der Waals surface area contributed by atoms with Crippen molar-refractivity contribution in [3.05, 3.63) is 28.0 Å². The van der Waals surface area contributed by atoms with Gasteiger partial charge in [0.05, 0.1) is 4.47 Å². The van der Waals surface area contributed by atoms with E-state index in [1.807, 2.05) is 0 Å². The van der Waals surface area contributed by atoms with Crippen molar-refractivity contribution in [2.24, 2.45) is 11.7 Å². The van der Waals surface area contributed by atoms with Gasteiger partial charge in [0, 0.05) is 11.6 Å². The van der Waals surface area contributed by atoms with Crippen LogP contribution in [-0.2, 0) is 0 Å². The molecule has 0 bridgehead atoms. The van der Waals surface area contributed by atoms with Crippen LogP contribution in [0.3, 0.4) is 0 Å². The van der Waals surface area contributed by atoms with Gasteiger partial charge in [-0.3, -0.25) is 0 Å². The van der Waals surface area contributed by atoms with E-state index in [4.69, 9.17) is 5.73 Å². The van der Waals surface area contributed by atoms with Crippen LogP contribution in [-0.4, -0.2) is 5.11 Å². The van der Waals surface area contributed by atoms with Crippen LogP contribution in [0.25, 0.3) is 0 Å². The molecule has 5 heteroatoms. The maximum absolute atomic E-state index is 13.2. The number of phenols is 1. The average Bonchev–Trinajstić information content (AvgIpc) is 2.08. The fourth-order valence-corrected chi connectivity index (χ4v) is 2.34. The molecule has 0 aromatic heterocycles. The molecule has 1 saturated carbocycles. The van der Waals surface area contributed by atoms with E-state index in [0.29, 0.717) is 16.0 Å². The number of phenolic OH excluding ortho intramolecular Hbond substituents is 1. The van der Waals surface area contributed by atoms with Crippen LogP contribution in [0, 0.1) is 11.7 Å². The fraction of sp³-hybridized carbons (Fsp3) is 0.455. The number of benzene rings is 1. The van der Waals surface area contributed by atoms with Gasteiger partial charge < -0.3 is 10.8 Å². The molecular weight excluding hydrogens is 296 g/mol. The van der Waals surface area contributed by atoms with Crippen LogP contribution in [0.2, 0.25) is 0 Å². The van der Waals surface area contributed by atoms with Crippen molar-refractivity contribution in [3.8, 4) is 5.75 Å². The SMILES string of the molecule is Cl.N[C@@H](c1cc(F)cc(Br)c1O)C1CCC1. The molecule has 0 aliphatic heterocycles. The van der Waals surface area contributed by atoms with Gasteiger partial charge in [0.25, 0.3) is 0 Å². The predicted molar refractivity (Wildman–Crippen MR) is 67.3 cm³/mol. The lowest BCUT2D eigenvalue weighted by molar-refractivity contribution is 0.260. The minimum Gasteiger partial charge on any atom is -0.506 e. The lowest BCUT2D eigenvalue weighted by Gasteiger charge is -2.31. The molecule has 0 saturated heterocycles. The highest BCUT2D eigenvalue weighted by Gasteiger charge is 2.28. The third-order valence-corrected chi connectivity index (χ3v) is 3.68. The van der Waals surface area contributed by atoms with Crippen molar-refractivity contribution in [3.63, 3.8) is 0 Å². The van der Waals surface area contributed by atoms with E-state index >= 15 is 0 Å². The molecule has 2 nitrogen and oxygen atoms in total. The van der Waals surface area contributed by atoms with Gasteiger partial charge >= 0.3 is 0 Å². The van der Waals surface area contributed by atoms with E-state index < -0.39 is 0 Å². The van der Waals surface area contributed by atoms with E-state index in [-0.39, 0.29) is 30.0 Å². The summed E-state index contributed by atoms with van der Waals surface area (Å²) in [4.78, 5) is 0. The molecule has 0 radical (unpaired) electrons. The first-order chi connectivity index (χ1) is 7.09. The summed E-state index contributed by atoms with van der Waals surface area (Å²) in [5.41, 5.74) is 6.50. The Hall–Kier alpha value is -0.320. The molecule has 1 atom stereocenters. The van der Waals surface area contributed by atoms with Crippen LogP contribution in [0.4, 0.5) is 4.39 Å². The molecule has 1 aliphatic rings. The number of halogens is 3. The summed E-state index contributed by atoms with van der Waals surface area (Å²) in [5, 5.41) is 9.77. The van der Waals surface area contributed by atoms with Crippen molar-refractivity contribution >= 4 is 28.3 Å². The zero-order valence-corrected chi connectivity index (χ0v) is 11.0. The monoisotopic (exact) mass is 309 g/mol. The molecule has 90 valence electrons.